The van der Waals surface area contributed by atoms with Gasteiger partial charge in [-0.05, 0) is 50.6 Å². The minimum absolute atomic E-state index is 0.240. The van der Waals surface area contributed by atoms with E-state index in [1.807, 2.05) is 31.4 Å². The molecule has 7 heteroatoms. The molecule has 30 heavy (non-hydrogen) atoms. The van der Waals surface area contributed by atoms with Crippen molar-refractivity contribution in [2.75, 3.05) is 34.0 Å². The van der Waals surface area contributed by atoms with Gasteiger partial charge in [-0.2, -0.15) is 0 Å². The third-order valence-corrected chi connectivity index (χ3v) is 4.64. The molecule has 2 rings (SSSR count). The first-order valence-electron chi connectivity index (χ1n) is 9.75. The molecule has 0 unspecified atom stereocenters. The molecule has 0 saturated heterocycles. The molecule has 7 nitrogen and oxygen atoms in total. The summed E-state index contributed by atoms with van der Waals surface area (Å²) in [6, 6.07) is 7.14. The first-order valence-corrected chi connectivity index (χ1v) is 9.75. The number of ketones is 1. The quantitative estimate of drug-likeness (QED) is 0.317. The van der Waals surface area contributed by atoms with Gasteiger partial charge in [-0.3, -0.25) is 4.79 Å². The van der Waals surface area contributed by atoms with Crippen molar-refractivity contribution in [2.45, 2.75) is 27.3 Å². The number of nitrogens with zero attached hydrogens (tertiary/aromatic N) is 1. The number of carbonyl (C=O) groups excluding carboxylic acids is 2. The summed E-state index contributed by atoms with van der Waals surface area (Å²) < 4.78 is 23.0. The van der Waals surface area contributed by atoms with Gasteiger partial charge in [-0.1, -0.05) is 6.07 Å². The van der Waals surface area contributed by atoms with Gasteiger partial charge in [0.05, 0.1) is 20.3 Å². The van der Waals surface area contributed by atoms with Crippen LogP contribution >= 0.6 is 0 Å². The first-order chi connectivity index (χ1) is 14.4. The Kier molecular flexibility index (Phi) is 8.68. The van der Waals surface area contributed by atoms with Crippen molar-refractivity contribution in [2.24, 2.45) is 0 Å². The molecule has 0 atom stereocenters. The van der Waals surface area contributed by atoms with E-state index >= 15 is 0 Å². The zero-order valence-electron chi connectivity index (χ0n) is 18.2. The summed E-state index contributed by atoms with van der Waals surface area (Å²) >= 11 is 0. The Morgan fingerprint density at radius 1 is 1.10 bits per heavy atom. The van der Waals surface area contributed by atoms with Crippen molar-refractivity contribution in [1.29, 1.82) is 0 Å². The molecule has 0 aliphatic carbocycles. The lowest BCUT2D eigenvalue weighted by Crippen LogP contribution is -2.14. The van der Waals surface area contributed by atoms with Crippen molar-refractivity contribution in [3.8, 4) is 11.5 Å². The molecule has 162 valence electrons. The SMILES string of the molecule is CCOc1ccc(/C=C/C(=O)OCC(=O)c2cc(C)n(CCOC)c2C)cc1OC. The normalized spacial score (nSPS) is 11.0. The Hall–Kier alpha value is -3.06. The number of Topliss-reactive ketones (excluding diaryl/α,β-unsaturated/α-hetero) is 1. The van der Waals surface area contributed by atoms with Crippen LogP contribution in [0.5, 0.6) is 11.5 Å². The van der Waals surface area contributed by atoms with E-state index in [1.54, 1.807) is 38.5 Å². The van der Waals surface area contributed by atoms with E-state index in [0.717, 1.165) is 17.0 Å². The molecule has 1 aromatic heterocycles. The van der Waals surface area contributed by atoms with Crippen LogP contribution < -0.4 is 9.47 Å². The molecule has 1 heterocycles. The summed E-state index contributed by atoms with van der Waals surface area (Å²) in [6.07, 6.45) is 2.88. The Labute approximate surface area is 177 Å². The minimum Gasteiger partial charge on any atom is -0.493 e. The standard InChI is InChI=1S/C23H29NO6/c1-6-29-21-9-7-18(14-22(21)28-5)8-10-23(26)30-15-20(25)19-13-16(2)24(17(19)3)11-12-27-4/h7-10,13-14H,6,11-12,15H2,1-5H3/b10-8+. The monoisotopic (exact) mass is 415 g/mol. The lowest BCUT2D eigenvalue weighted by Gasteiger charge is -2.09. The van der Waals surface area contributed by atoms with Gasteiger partial charge < -0.3 is 23.5 Å². The Morgan fingerprint density at radius 3 is 2.53 bits per heavy atom. The molecule has 0 amide bonds. The fourth-order valence-corrected chi connectivity index (χ4v) is 3.10. The van der Waals surface area contributed by atoms with Gasteiger partial charge in [0.2, 0.25) is 5.78 Å². The lowest BCUT2D eigenvalue weighted by molar-refractivity contribution is -0.136. The van der Waals surface area contributed by atoms with Crippen molar-refractivity contribution >= 4 is 17.8 Å². The van der Waals surface area contributed by atoms with Crippen LogP contribution in [-0.2, 0) is 20.8 Å². The number of hydrogen-bond donors (Lipinski definition) is 0. The molecule has 0 aliphatic heterocycles. The maximum atomic E-state index is 12.5. The lowest BCUT2D eigenvalue weighted by atomic mass is 10.1. The second kappa shape index (κ2) is 11.2. The van der Waals surface area contributed by atoms with Gasteiger partial charge in [0, 0.05) is 36.7 Å². The van der Waals surface area contributed by atoms with Gasteiger partial charge in [0.15, 0.2) is 18.1 Å². The van der Waals surface area contributed by atoms with E-state index in [4.69, 9.17) is 18.9 Å². The molecule has 0 bridgehead atoms. The van der Waals surface area contributed by atoms with Gasteiger partial charge in [-0.25, -0.2) is 4.79 Å². The van der Waals surface area contributed by atoms with Crippen molar-refractivity contribution in [3.63, 3.8) is 0 Å². The summed E-state index contributed by atoms with van der Waals surface area (Å²) in [5, 5.41) is 0. The minimum atomic E-state index is -0.593. The number of aromatic nitrogens is 1. The first kappa shape index (κ1) is 23.2. The molecule has 0 saturated carbocycles. The largest absolute Gasteiger partial charge is 0.493 e. The van der Waals surface area contributed by atoms with Gasteiger partial charge in [0.25, 0.3) is 0 Å². The zero-order chi connectivity index (χ0) is 22.1. The number of esters is 1. The second-order valence-corrected chi connectivity index (χ2v) is 6.64. The second-order valence-electron chi connectivity index (χ2n) is 6.64. The van der Waals surface area contributed by atoms with E-state index in [9.17, 15) is 9.59 Å². The molecular weight excluding hydrogens is 386 g/mol. The average molecular weight is 415 g/mol. The molecular formula is C23H29NO6. The average Bonchev–Trinajstić information content (AvgIpc) is 3.03. The van der Waals surface area contributed by atoms with Crippen LogP contribution in [0.3, 0.4) is 0 Å². The van der Waals surface area contributed by atoms with Crippen LogP contribution in [-0.4, -0.2) is 50.4 Å². The number of ether oxygens (including phenoxy) is 4. The maximum Gasteiger partial charge on any atom is 0.331 e. The summed E-state index contributed by atoms with van der Waals surface area (Å²) in [4.78, 5) is 24.5. The zero-order valence-corrected chi connectivity index (χ0v) is 18.2. The highest BCUT2D eigenvalue weighted by molar-refractivity contribution is 6.00. The van der Waals surface area contributed by atoms with Crippen LogP contribution in [0.2, 0.25) is 0 Å². The van der Waals surface area contributed by atoms with Crippen molar-refractivity contribution < 1.29 is 28.5 Å². The fourth-order valence-electron chi connectivity index (χ4n) is 3.10. The highest BCUT2D eigenvalue weighted by Crippen LogP contribution is 2.28. The molecule has 0 radical (unpaired) electrons. The number of benzene rings is 1. The number of rotatable bonds is 11. The summed E-state index contributed by atoms with van der Waals surface area (Å²) in [6.45, 7) is 7.12. The van der Waals surface area contributed by atoms with Gasteiger partial charge >= 0.3 is 5.97 Å². The van der Waals surface area contributed by atoms with E-state index in [2.05, 4.69) is 0 Å². The van der Waals surface area contributed by atoms with Crippen LogP contribution in [0.15, 0.2) is 30.3 Å². The van der Waals surface area contributed by atoms with Crippen molar-refractivity contribution in [3.05, 3.63) is 52.9 Å². The Morgan fingerprint density at radius 2 is 1.87 bits per heavy atom. The predicted molar refractivity (Wildman–Crippen MR) is 114 cm³/mol. The van der Waals surface area contributed by atoms with E-state index in [-0.39, 0.29) is 12.4 Å². The van der Waals surface area contributed by atoms with E-state index < -0.39 is 5.97 Å². The Bertz CT molecular complexity index is 913. The van der Waals surface area contributed by atoms with Gasteiger partial charge in [-0.15, -0.1) is 0 Å². The predicted octanol–water partition coefficient (Wildman–Crippen LogP) is 3.60. The van der Waals surface area contributed by atoms with Gasteiger partial charge in [0.1, 0.15) is 0 Å². The van der Waals surface area contributed by atoms with E-state index in [0.29, 0.717) is 36.8 Å². The van der Waals surface area contributed by atoms with Crippen LogP contribution in [0, 0.1) is 13.8 Å². The smallest absolute Gasteiger partial charge is 0.331 e. The maximum absolute atomic E-state index is 12.5. The highest BCUT2D eigenvalue weighted by Gasteiger charge is 2.16. The fraction of sp³-hybridized carbons (Fsp3) is 0.391. The third kappa shape index (κ3) is 5.97. The molecule has 1 aromatic carbocycles. The highest BCUT2D eigenvalue weighted by atomic mass is 16.5. The topological polar surface area (TPSA) is 76.0 Å². The summed E-state index contributed by atoms with van der Waals surface area (Å²) in [5.41, 5.74) is 3.10. The number of methoxy groups -OCH3 is 2. The van der Waals surface area contributed by atoms with Crippen LogP contribution in [0.4, 0.5) is 0 Å². The van der Waals surface area contributed by atoms with Crippen LogP contribution in [0.25, 0.3) is 6.08 Å². The number of carbonyl (C=O) groups is 2. The molecule has 2 aromatic rings. The number of hydrogen-bond acceptors (Lipinski definition) is 6. The molecule has 0 spiro atoms. The molecule has 0 N–H and O–H groups in total. The van der Waals surface area contributed by atoms with Crippen LogP contribution in [0.1, 0.15) is 34.2 Å². The summed E-state index contributed by atoms with van der Waals surface area (Å²) in [7, 11) is 3.19. The third-order valence-electron chi connectivity index (χ3n) is 4.64. The number of aryl methyl sites for hydroxylation is 1. The Balaban J connectivity index is 1.97. The molecule has 0 aliphatic rings. The van der Waals surface area contributed by atoms with Crippen molar-refractivity contribution in [1.82, 2.24) is 4.57 Å². The molecule has 0 fully saturated rings. The summed E-state index contributed by atoms with van der Waals surface area (Å²) in [5.74, 6) is 0.375. The van der Waals surface area contributed by atoms with E-state index in [1.165, 1.54) is 6.08 Å².